The summed E-state index contributed by atoms with van der Waals surface area (Å²) in [4.78, 5) is 0.843. The van der Waals surface area contributed by atoms with Gasteiger partial charge in [0.15, 0.2) is 0 Å². The maximum Gasteiger partial charge on any atom is 0.137 e. The maximum atomic E-state index is 13.8. The first-order valence-electron chi connectivity index (χ1n) is 7.14. The second-order valence-corrected chi connectivity index (χ2v) is 6.84. The standard InChI is InChI=1S/C15H18FNOS/c16-11-3-1-2-10-12(6-7-19-15(10)11)17-13-8-9-4-5-14(13)18-9/h1-3,9,12-14,17H,4-8H2. The van der Waals surface area contributed by atoms with Crippen molar-refractivity contribution in [1.82, 2.24) is 5.32 Å². The van der Waals surface area contributed by atoms with Crippen LogP contribution >= 0.6 is 11.8 Å². The van der Waals surface area contributed by atoms with Crippen LogP contribution in [-0.2, 0) is 4.74 Å². The van der Waals surface area contributed by atoms with Crippen LogP contribution in [0.4, 0.5) is 4.39 Å². The molecule has 4 atom stereocenters. The van der Waals surface area contributed by atoms with Crippen molar-refractivity contribution in [3.63, 3.8) is 0 Å². The second kappa shape index (κ2) is 4.76. The molecule has 2 nitrogen and oxygen atoms in total. The molecule has 0 aromatic heterocycles. The fourth-order valence-corrected chi connectivity index (χ4v) is 4.77. The Morgan fingerprint density at radius 2 is 2.21 bits per heavy atom. The van der Waals surface area contributed by atoms with Crippen LogP contribution in [-0.4, -0.2) is 24.0 Å². The predicted octanol–water partition coefficient (Wildman–Crippen LogP) is 3.27. The van der Waals surface area contributed by atoms with Crippen molar-refractivity contribution < 1.29 is 9.13 Å². The Morgan fingerprint density at radius 3 is 3.00 bits per heavy atom. The van der Waals surface area contributed by atoms with Crippen molar-refractivity contribution in [1.29, 1.82) is 0 Å². The van der Waals surface area contributed by atoms with Gasteiger partial charge in [-0.2, -0.15) is 0 Å². The lowest BCUT2D eigenvalue weighted by atomic mass is 9.93. The lowest BCUT2D eigenvalue weighted by Crippen LogP contribution is -2.40. The average Bonchev–Trinajstić information content (AvgIpc) is 3.02. The smallest absolute Gasteiger partial charge is 0.137 e. The lowest BCUT2D eigenvalue weighted by molar-refractivity contribution is 0.0958. The minimum absolute atomic E-state index is 0.0711. The second-order valence-electron chi connectivity index (χ2n) is 5.73. The summed E-state index contributed by atoms with van der Waals surface area (Å²) in [7, 11) is 0. The van der Waals surface area contributed by atoms with Crippen LogP contribution in [0, 0.1) is 5.82 Å². The largest absolute Gasteiger partial charge is 0.373 e. The Balaban J connectivity index is 1.55. The molecule has 0 radical (unpaired) electrons. The molecule has 19 heavy (non-hydrogen) atoms. The molecule has 3 aliphatic heterocycles. The highest BCUT2D eigenvalue weighted by atomic mass is 32.2. The van der Waals surface area contributed by atoms with Gasteiger partial charge in [0.05, 0.1) is 12.2 Å². The molecule has 0 spiro atoms. The van der Waals surface area contributed by atoms with E-state index in [1.165, 1.54) is 12.8 Å². The summed E-state index contributed by atoms with van der Waals surface area (Å²) >= 11 is 1.65. The molecular weight excluding hydrogens is 261 g/mol. The van der Waals surface area contributed by atoms with Gasteiger partial charge in [-0.3, -0.25) is 0 Å². The molecule has 4 rings (SSSR count). The van der Waals surface area contributed by atoms with Crippen LogP contribution < -0.4 is 5.32 Å². The van der Waals surface area contributed by atoms with Gasteiger partial charge in [0.1, 0.15) is 5.82 Å². The monoisotopic (exact) mass is 279 g/mol. The number of fused-ring (bicyclic) bond motifs is 3. The summed E-state index contributed by atoms with van der Waals surface area (Å²) in [6.45, 7) is 0. The van der Waals surface area contributed by atoms with Crippen LogP contribution in [0.25, 0.3) is 0 Å². The maximum absolute atomic E-state index is 13.8. The van der Waals surface area contributed by atoms with Crippen molar-refractivity contribution in [2.45, 2.75) is 54.9 Å². The minimum atomic E-state index is -0.0711. The van der Waals surface area contributed by atoms with Crippen LogP contribution in [0.15, 0.2) is 23.1 Å². The molecule has 0 saturated carbocycles. The third kappa shape index (κ3) is 2.10. The third-order valence-corrected chi connectivity index (χ3v) is 5.71. The molecule has 2 bridgehead atoms. The number of ether oxygens (including phenoxy) is 1. The number of halogens is 1. The van der Waals surface area contributed by atoms with Crippen LogP contribution in [0.5, 0.6) is 0 Å². The van der Waals surface area contributed by atoms with Gasteiger partial charge in [-0.05, 0) is 43.1 Å². The molecule has 4 unspecified atom stereocenters. The van der Waals surface area contributed by atoms with E-state index < -0.39 is 0 Å². The van der Waals surface area contributed by atoms with Crippen molar-refractivity contribution in [2.75, 3.05) is 5.75 Å². The van der Waals surface area contributed by atoms with E-state index in [2.05, 4.69) is 11.4 Å². The molecule has 1 N–H and O–H groups in total. The molecule has 0 aliphatic carbocycles. The molecule has 1 aromatic rings. The Hall–Kier alpha value is -0.580. The number of benzene rings is 1. The van der Waals surface area contributed by atoms with Gasteiger partial charge in [0.25, 0.3) is 0 Å². The van der Waals surface area contributed by atoms with Crippen LogP contribution in [0.2, 0.25) is 0 Å². The van der Waals surface area contributed by atoms with Crippen molar-refractivity contribution in [2.24, 2.45) is 0 Å². The van der Waals surface area contributed by atoms with Gasteiger partial charge in [-0.15, -0.1) is 11.8 Å². The fraction of sp³-hybridized carbons (Fsp3) is 0.600. The van der Waals surface area contributed by atoms with Crippen molar-refractivity contribution >= 4 is 11.8 Å². The summed E-state index contributed by atoms with van der Waals surface area (Å²) < 4.78 is 19.7. The summed E-state index contributed by atoms with van der Waals surface area (Å²) in [5.74, 6) is 0.922. The molecular formula is C15H18FNOS. The molecule has 2 fully saturated rings. The predicted molar refractivity (Wildman–Crippen MR) is 73.9 cm³/mol. The Bertz CT molecular complexity index is 495. The average molecular weight is 279 g/mol. The van der Waals surface area contributed by atoms with E-state index in [-0.39, 0.29) is 5.82 Å². The Morgan fingerprint density at radius 1 is 1.26 bits per heavy atom. The Kier molecular flexibility index (Phi) is 3.05. The van der Waals surface area contributed by atoms with E-state index in [9.17, 15) is 4.39 Å². The fourth-order valence-electron chi connectivity index (χ4n) is 3.63. The molecule has 2 saturated heterocycles. The highest BCUT2D eigenvalue weighted by Gasteiger charge is 2.41. The van der Waals surface area contributed by atoms with Gasteiger partial charge < -0.3 is 10.1 Å². The summed E-state index contributed by atoms with van der Waals surface area (Å²) in [6.07, 6.45) is 5.45. The summed E-state index contributed by atoms with van der Waals surface area (Å²) in [5, 5.41) is 3.73. The van der Waals surface area contributed by atoms with E-state index in [4.69, 9.17) is 4.74 Å². The molecule has 4 heteroatoms. The highest BCUT2D eigenvalue weighted by Crippen LogP contribution is 2.40. The number of nitrogens with one attached hydrogen (secondary N) is 1. The van der Waals surface area contributed by atoms with E-state index in [1.807, 2.05) is 6.07 Å². The quantitative estimate of drug-likeness (QED) is 0.897. The molecule has 1 aromatic carbocycles. The first kappa shape index (κ1) is 12.2. The van der Waals surface area contributed by atoms with Gasteiger partial charge >= 0.3 is 0 Å². The number of thioether (sulfide) groups is 1. The van der Waals surface area contributed by atoms with Crippen LogP contribution in [0.3, 0.4) is 0 Å². The Labute approximate surface area is 117 Å². The number of hydrogen-bond acceptors (Lipinski definition) is 3. The summed E-state index contributed by atoms with van der Waals surface area (Å²) in [6, 6.07) is 6.21. The molecule has 3 heterocycles. The van der Waals surface area contributed by atoms with E-state index in [0.717, 1.165) is 29.1 Å². The van der Waals surface area contributed by atoms with Gasteiger partial charge in [0.2, 0.25) is 0 Å². The molecule has 0 amide bonds. The number of rotatable bonds is 2. The SMILES string of the molecule is Fc1cccc2c1SCCC2NC1CC2CCC1O2. The van der Waals surface area contributed by atoms with Gasteiger partial charge in [-0.25, -0.2) is 4.39 Å². The van der Waals surface area contributed by atoms with Gasteiger partial charge in [0, 0.05) is 17.0 Å². The zero-order valence-electron chi connectivity index (χ0n) is 10.8. The first-order valence-corrected chi connectivity index (χ1v) is 8.12. The van der Waals surface area contributed by atoms with Crippen molar-refractivity contribution in [3.05, 3.63) is 29.6 Å². The van der Waals surface area contributed by atoms with Crippen LogP contribution in [0.1, 0.15) is 37.3 Å². The zero-order chi connectivity index (χ0) is 12.8. The summed E-state index contributed by atoms with van der Waals surface area (Å²) in [5.41, 5.74) is 1.14. The van der Waals surface area contributed by atoms with E-state index in [0.29, 0.717) is 24.3 Å². The lowest BCUT2D eigenvalue weighted by Gasteiger charge is -2.31. The normalized spacial score (nSPS) is 36.5. The minimum Gasteiger partial charge on any atom is -0.373 e. The highest BCUT2D eigenvalue weighted by molar-refractivity contribution is 7.99. The molecule has 102 valence electrons. The number of hydrogen-bond donors (Lipinski definition) is 1. The van der Waals surface area contributed by atoms with Gasteiger partial charge in [-0.1, -0.05) is 12.1 Å². The zero-order valence-corrected chi connectivity index (χ0v) is 11.6. The third-order valence-electron chi connectivity index (χ3n) is 4.55. The van der Waals surface area contributed by atoms with E-state index >= 15 is 0 Å². The first-order chi connectivity index (χ1) is 9.31. The van der Waals surface area contributed by atoms with Crippen molar-refractivity contribution in [3.8, 4) is 0 Å². The van der Waals surface area contributed by atoms with E-state index in [1.54, 1.807) is 17.8 Å². The topological polar surface area (TPSA) is 21.3 Å². The molecule has 3 aliphatic rings.